The summed E-state index contributed by atoms with van der Waals surface area (Å²) in [6, 6.07) is 13.1. The van der Waals surface area contributed by atoms with Crippen molar-refractivity contribution in [3.05, 3.63) is 89.4 Å². The molecule has 198 valence electrons. The van der Waals surface area contributed by atoms with E-state index in [2.05, 4.69) is 10.3 Å². The summed E-state index contributed by atoms with van der Waals surface area (Å²) in [5, 5.41) is 4.53. The number of carbonyl (C=O) groups excluding carboxylic acids is 4. The molecule has 0 fully saturated rings. The van der Waals surface area contributed by atoms with Crippen LogP contribution in [0.5, 0.6) is 5.88 Å². The van der Waals surface area contributed by atoms with Crippen molar-refractivity contribution < 1.29 is 36.7 Å². The van der Waals surface area contributed by atoms with E-state index in [1.807, 2.05) is 10.0 Å². The molecule has 0 radical (unpaired) electrons. The average Bonchev–Trinajstić information content (AvgIpc) is 2.89. The Hall–Kier alpha value is -4.69. The number of nitrogens with two attached hydrogens (primary N) is 1. The van der Waals surface area contributed by atoms with Crippen LogP contribution in [0.3, 0.4) is 0 Å². The van der Waals surface area contributed by atoms with Gasteiger partial charge in [-0.05, 0) is 54.4 Å². The lowest BCUT2D eigenvalue weighted by Gasteiger charge is -2.09. The highest BCUT2D eigenvalue weighted by Gasteiger charge is 2.19. The van der Waals surface area contributed by atoms with Crippen molar-refractivity contribution in [1.82, 2.24) is 20.3 Å². The van der Waals surface area contributed by atoms with Gasteiger partial charge in [0.1, 0.15) is 5.82 Å². The molecule has 3 aromatic rings. The average molecular weight is 544 g/mol. The number of aromatic nitrogens is 1. The van der Waals surface area contributed by atoms with E-state index in [1.54, 1.807) is 0 Å². The number of nitrogens with zero attached hydrogens (tertiary/aromatic N) is 1. The van der Waals surface area contributed by atoms with E-state index in [-0.39, 0.29) is 28.8 Å². The Morgan fingerprint density at radius 3 is 2.16 bits per heavy atom. The monoisotopic (exact) mass is 543 g/mol. The number of imide groups is 1. The number of rotatable bonds is 9. The van der Waals surface area contributed by atoms with Crippen molar-refractivity contribution in [2.45, 2.75) is 11.3 Å². The lowest BCUT2D eigenvalue weighted by Crippen LogP contribution is -2.37. The quantitative estimate of drug-likeness (QED) is 0.304. The van der Waals surface area contributed by atoms with Crippen LogP contribution in [0.1, 0.15) is 26.3 Å². The van der Waals surface area contributed by atoms with Crippen LogP contribution < -0.4 is 25.8 Å². The van der Waals surface area contributed by atoms with Crippen molar-refractivity contribution >= 4 is 33.8 Å². The molecule has 2 aromatic carbocycles. The van der Waals surface area contributed by atoms with E-state index in [9.17, 15) is 32.0 Å². The Bertz CT molecular complexity index is 1430. The Labute approximate surface area is 216 Å². The number of ether oxygens (including phenoxy) is 1. The van der Waals surface area contributed by atoms with E-state index < -0.39 is 40.3 Å². The zero-order valence-corrected chi connectivity index (χ0v) is 20.5. The van der Waals surface area contributed by atoms with E-state index in [0.717, 1.165) is 17.8 Å². The standard InChI is InChI=1S/C24H22FN5O7S/c25-18-6-3-16(4-7-18)22(32)27-12-11-15-1-8-19(9-2-15)38(35,36)30-23(33)17-5-10-21(28-14-17)37-24(34)29-20(31)13-26/h1-10,14H,11-13,26H2,(H,27,32)(H,30,33)(H,29,31,34). The molecule has 12 nitrogen and oxygen atoms in total. The van der Waals surface area contributed by atoms with Crippen molar-refractivity contribution in [2.24, 2.45) is 5.73 Å². The first kappa shape index (κ1) is 27.9. The van der Waals surface area contributed by atoms with E-state index in [1.165, 1.54) is 54.6 Å². The zero-order chi connectivity index (χ0) is 27.7. The van der Waals surface area contributed by atoms with Crippen molar-refractivity contribution in [1.29, 1.82) is 0 Å². The maximum Gasteiger partial charge on any atom is 0.420 e. The topological polar surface area (TPSA) is 187 Å². The highest BCUT2D eigenvalue weighted by molar-refractivity contribution is 7.90. The fourth-order valence-electron chi connectivity index (χ4n) is 2.96. The fraction of sp³-hybridized carbons (Fsp3) is 0.125. The molecule has 5 N–H and O–H groups in total. The molecule has 0 saturated carbocycles. The number of nitrogens with one attached hydrogen (secondary N) is 3. The molecular formula is C24H22FN5O7S. The summed E-state index contributed by atoms with van der Waals surface area (Å²) in [7, 11) is -4.22. The SMILES string of the molecule is NCC(=O)NC(=O)Oc1ccc(C(=O)NS(=O)(=O)c2ccc(CCNC(=O)c3ccc(F)cc3)cc2)cn1. The minimum absolute atomic E-state index is 0.132. The third-order valence-corrected chi connectivity index (χ3v) is 6.24. The highest BCUT2D eigenvalue weighted by Crippen LogP contribution is 2.13. The second-order valence-electron chi connectivity index (χ2n) is 7.62. The molecule has 14 heteroatoms. The molecule has 3 rings (SSSR count). The number of hydrogen-bond acceptors (Lipinski definition) is 9. The third kappa shape index (κ3) is 7.91. The maximum absolute atomic E-state index is 13.0. The Balaban J connectivity index is 1.52. The Morgan fingerprint density at radius 2 is 1.55 bits per heavy atom. The zero-order valence-electron chi connectivity index (χ0n) is 19.6. The summed E-state index contributed by atoms with van der Waals surface area (Å²) < 4.78 is 44.8. The van der Waals surface area contributed by atoms with Crippen molar-refractivity contribution in [3.63, 3.8) is 0 Å². The Kier molecular flexibility index (Phi) is 9.18. The van der Waals surface area contributed by atoms with Crippen LogP contribution in [0, 0.1) is 5.82 Å². The molecule has 0 atom stereocenters. The van der Waals surface area contributed by atoms with Gasteiger partial charge in [0.15, 0.2) is 0 Å². The smallest absolute Gasteiger partial charge is 0.391 e. The van der Waals surface area contributed by atoms with Crippen molar-refractivity contribution in [2.75, 3.05) is 13.1 Å². The first-order chi connectivity index (χ1) is 18.1. The third-order valence-electron chi connectivity index (χ3n) is 4.89. The molecule has 0 aliphatic heterocycles. The summed E-state index contributed by atoms with van der Waals surface area (Å²) >= 11 is 0. The van der Waals surface area contributed by atoms with Gasteiger partial charge in [-0.2, -0.15) is 0 Å². The summed E-state index contributed by atoms with van der Waals surface area (Å²) in [6.07, 6.45) is 0.270. The van der Waals surface area contributed by atoms with Crippen LogP contribution in [0.25, 0.3) is 0 Å². The normalized spacial score (nSPS) is 10.8. The van der Waals surface area contributed by atoms with Gasteiger partial charge in [-0.3, -0.25) is 19.7 Å². The first-order valence-corrected chi connectivity index (χ1v) is 12.4. The number of amides is 4. The summed E-state index contributed by atoms with van der Waals surface area (Å²) in [5.74, 6) is -2.80. The van der Waals surface area contributed by atoms with E-state index >= 15 is 0 Å². The molecule has 0 bridgehead atoms. The first-order valence-electron chi connectivity index (χ1n) is 10.9. The summed E-state index contributed by atoms with van der Waals surface area (Å²) in [4.78, 5) is 50.6. The maximum atomic E-state index is 13.0. The van der Waals surface area contributed by atoms with Crippen LogP contribution >= 0.6 is 0 Å². The lowest BCUT2D eigenvalue weighted by molar-refractivity contribution is -0.118. The molecule has 1 aromatic heterocycles. The molecule has 38 heavy (non-hydrogen) atoms. The molecule has 1 heterocycles. The van der Waals surface area contributed by atoms with E-state index in [4.69, 9.17) is 10.5 Å². The number of pyridine rings is 1. The predicted octanol–water partition coefficient (Wildman–Crippen LogP) is 0.886. The second-order valence-corrected chi connectivity index (χ2v) is 9.30. The number of halogens is 1. The number of hydrogen-bond donors (Lipinski definition) is 4. The molecular weight excluding hydrogens is 521 g/mol. The largest absolute Gasteiger partial charge is 0.420 e. The minimum Gasteiger partial charge on any atom is -0.391 e. The molecule has 0 unspecified atom stereocenters. The minimum atomic E-state index is -4.22. The predicted molar refractivity (Wildman–Crippen MR) is 131 cm³/mol. The number of sulfonamides is 1. The fourth-order valence-corrected chi connectivity index (χ4v) is 3.93. The van der Waals surface area contributed by atoms with Crippen LogP contribution in [-0.2, 0) is 21.2 Å². The van der Waals surface area contributed by atoms with E-state index in [0.29, 0.717) is 12.0 Å². The van der Waals surface area contributed by atoms with Crippen molar-refractivity contribution in [3.8, 4) is 5.88 Å². The van der Waals surface area contributed by atoms with Gasteiger partial charge in [-0.1, -0.05) is 12.1 Å². The molecule has 0 saturated heterocycles. The van der Waals surface area contributed by atoms with Crippen LogP contribution in [0.4, 0.5) is 9.18 Å². The Morgan fingerprint density at radius 1 is 0.895 bits per heavy atom. The van der Waals surface area contributed by atoms with Crippen LogP contribution in [0.15, 0.2) is 71.8 Å². The lowest BCUT2D eigenvalue weighted by atomic mass is 10.1. The molecule has 0 spiro atoms. The van der Waals surface area contributed by atoms with Gasteiger partial charge in [-0.25, -0.2) is 27.3 Å². The number of carbonyl (C=O) groups is 4. The highest BCUT2D eigenvalue weighted by atomic mass is 32.2. The van der Waals surface area contributed by atoms with Gasteiger partial charge < -0.3 is 15.8 Å². The molecule has 0 aliphatic carbocycles. The van der Waals surface area contributed by atoms with Gasteiger partial charge in [0.2, 0.25) is 11.8 Å². The molecule has 0 aliphatic rings. The van der Waals surface area contributed by atoms with Gasteiger partial charge in [0.25, 0.3) is 21.8 Å². The number of benzene rings is 2. The van der Waals surface area contributed by atoms with Crippen LogP contribution in [-0.4, -0.2) is 50.3 Å². The molecule has 4 amide bonds. The van der Waals surface area contributed by atoms with Gasteiger partial charge in [0.05, 0.1) is 17.0 Å². The summed E-state index contributed by atoms with van der Waals surface area (Å²) in [5.41, 5.74) is 5.97. The summed E-state index contributed by atoms with van der Waals surface area (Å²) in [6.45, 7) is -0.160. The van der Waals surface area contributed by atoms with Gasteiger partial charge in [0, 0.05) is 24.4 Å². The van der Waals surface area contributed by atoms with Gasteiger partial charge in [-0.15, -0.1) is 0 Å². The second kappa shape index (κ2) is 12.5. The van der Waals surface area contributed by atoms with Gasteiger partial charge >= 0.3 is 6.09 Å². The van der Waals surface area contributed by atoms with Crippen LogP contribution in [0.2, 0.25) is 0 Å².